The summed E-state index contributed by atoms with van der Waals surface area (Å²) in [6, 6.07) is 16.2. The Morgan fingerprint density at radius 1 is 0.867 bits per heavy atom. The highest BCUT2D eigenvalue weighted by Gasteiger charge is 2.06. The SMILES string of the molecule is c1ccc(-c2cccc3cnoc23)cc1. The Morgan fingerprint density at radius 3 is 2.60 bits per heavy atom. The molecule has 3 rings (SSSR count). The second-order valence-corrected chi connectivity index (χ2v) is 3.42. The van der Waals surface area contributed by atoms with Crippen LogP contribution in [-0.4, -0.2) is 5.16 Å². The molecule has 0 aliphatic heterocycles. The van der Waals surface area contributed by atoms with Crippen LogP contribution in [0.4, 0.5) is 0 Å². The maximum absolute atomic E-state index is 5.25. The molecule has 0 saturated heterocycles. The monoisotopic (exact) mass is 195 g/mol. The molecule has 3 aromatic rings. The molecule has 0 spiro atoms. The minimum atomic E-state index is 0.851. The van der Waals surface area contributed by atoms with Gasteiger partial charge in [0.2, 0.25) is 0 Å². The van der Waals surface area contributed by atoms with Crippen molar-refractivity contribution in [1.29, 1.82) is 0 Å². The van der Waals surface area contributed by atoms with Gasteiger partial charge in [0.25, 0.3) is 0 Å². The van der Waals surface area contributed by atoms with E-state index in [0.717, 1.165) is 22.1 Å². The van der Waals surface area contributed by atoms with Gasteiger partial charge >= 0.3 is 0 Å². The van der Waals surface area contributed by atoms with Crippen LogP contribution in [0.5, 0.6) is 0 Å². The molecule has 1 heterocycles. The molecule has 0 saturated carbocycles. The van der Waals surface area contributed by atoms with Gasteiger partial charge in [0, 0.05) is 10.9 Å². The minimum Gasteiger partial charge on any atom is -0.356 e. The van der Waals surface area contributed by atoms with Crippen molar-refractivity contribution in [3.63, 3.8) is 0 Å². The summed E-state index contributed by atoms with van der Waals surface area (Å²) in [5.74, 6) is 0. The lowest BCUT2D eigenvalue weighted by molar-refractivity contribution is 0.457. The molecule has 0 aliphatic rings. The molecule has 0 bridgehead atoms. The molecule has 72 valence electrons. The third kappa shape index (κ3) is 1.31. The lowest BCUT2D eigenvalue weighted by atomic mass is 10.0. The van der Waals surface area contributed by atoms with Gasteiger partial charge in [-0.15, -0.1) is 0 Å². The summed E-state index contributed by atoms with van der Waals surface area (Å²) in [4.78, 5) is 0. The van der Waals surface area contributed by atoms with E-state index in [-0.39, 0.29) is 0 Å². The molecule has 2 aromatic carbocycles. The van der Waals surface area contributed by atoms with Crippen molar-refractivity contribution >= 4 is 11.0 Å². The van der Waals surface area contributed by atoms with Crippen molar-refractivity contribution < 1.29 is 4.52 Å². The number of aromatic nitrogens is 1. The van der Waals surface area contributed by atoms with E-state index in [1.165, 1.54) is 0 Å². The van der Waals surface area contributed by atoms with Crippen LogP contribution >= 0.6 is 0 Å². The number of fused-ring (bicyclic) bond motifs is 1. The van der Waals surface area contributed by atoms with E-state index in [4.69, 9.17) is 4.52 Å². The first-order valence-electron chi connectivity index (χ1n) is 4.84. The first kappa shape index (κ1) is 8.24. The molecule has 2 heteroatoms. The van der Waals surface area contributed by atoms with Crippen molar-refractivity contribution in [2.24, 2.45) is 0 Å². The van der Waals surface area contributed by atoms with Crippen molar-refractivity contribution in [2.75, 3.05) is 0 Å². The average Bonchev–Trinajstić information content (AvgIpc) is 2.78. The van der Waals surface area contributed by atoms with Gasteiger partial charge in [0.05, 0.1) is 6.20 Å². The van der Waals surface area contributed by atoms with Crippen molar-refractivity contribution in [3.8, 4) is 11.1 Å². The number of nitrogens with zero attached hydrogens (tertiary/aromatic N) is 1. The normalized spacial score (nSPS) is 10.7. The Balaban J connectivity index is 2.31. The number of hydrogen-bond acceptors (Lipinski definition) is 2. The maximum atomic E-state index is 5.25. The molecule has 0 amide bonds. The standard InChI is InChI=1S/C13H9NO/c1-2-5-10(6-3-1)12-8-4-7-11-9-14-15-13(11)12/h1-9H. The summed E-state index contributed by atoms with van der Waals surface area (Å²) in [5.41, 5.74) is 3.09. The van der Waals surface area contributed by atoms with E-state index in [0.29, 0.717) is 0 Å². The Hall–Kier alpha value is -2.09. The topological polar surface area (TPSA) is 26.0 Å². The average molecular weight is 195 g/mol. The molecule has 0 aliphatic carbocycles. The summed E-state index contributed by atoms with van der Waals surface area (Å²) in [6.07, 6.45) is 1.74. The van der Waals surface area contributed by atoms with Crippen LogP contribution in [0.1, 0.15) is 0 Å². The lowest BCUT2D eigenvalue weighted by Crippen LogP contribution is -1.77. The highest BCUT2D eigenvalue weighted by Crippen LogP contribution is 2.27. The summed E-state index contributed by atoms with van der Waals surface area (Å²) in [6.45, 7) is 0. The van der Waals surface area contributed by atoms with Gasteiger partial charge in [0.1, 0.15) is 0 Å². The van der Waals surface area contributed by atoms with Crippen LogP contribution in [0, 0.1) is 0 Å². The number of para-hydroxylation sites is 1. The van der Waals surface area contributed by atoms with Crippen molar-refractivity contribution in [1.82, 2.24) is 5.16 Å². The Labute approximate surface area is 87.1 Å². The fraction of sp³-hybridized carbons (Fsp3) is 0. The quantitative estimate of drug-likeness (QED) is 0.594. The van der Waals surface area contributed by atoms with E-state index >= 15 is 0 Å². The van der Waals surface area contributed by atoms with Crippen molar-refractivity contribution in [2.45, 2.75) is 0 Å². The lowest BCUT2D eigenvalue weighted by Gasteiger charge is -2.00. The van der Waals surface area contributed by atoms with E-state index in [1.807, 2.05) is 36.4 Å². The van der Waals surface area contributed by atoms with Gasteiger partial charge in [-0.2, -0.15) is 0 Å². The second kappa shape index (κ2) is 3.24. The zero-order valence-electron chi connectivity index (χ0n) is 8.05. The predicted octanol–water partition coefficient (Wildman–Crippen LogP) is 3.49. The summed E-state index contributed by atoms with van der Waals surface area (Å²) in [5, 5.41) is 4.85. The smallest absolute Gasteiger partial charge is 0.174 e. The molecular formula is C13H9NO. The van der Waals surface area contributed by atoms with E-state index in [1.54, 1.807) is 6.20 Å². The summed E-state index contributed by atoms with van der Waals surface area (Å²) in [7, 11) is 0. The van der Waals surface area contributed by atoms with Gasteiger partial charge in [-0.05, 0) is 11.6 Å². The first-order chi connectivity index (χ1) is 7.45. The van der Waals surface area contributed by atoms with Gasteiger partial charge in [-0.3, -0.25) is 0 Å². The zero-order chi connectivity index (χ0) is 10.1. The van der Waals surface area contributed by atoms with E-state index < -0.39 is 0 Å². The van der Waals surface area contributed by atoms with E-state index in [9.17, 15) is 0 Å². The fourth-order valence-electron chi connectivity index (χ4n) is 1.74. The van der Waals surface area contributed by atoms with Crippen LogP contribution in [0.15, 0.2) is 59.3 Å². The molecule has 0 fully saturated rings. The van der Waals surface area contributed by atoms with Crippen LogP contribution in [0.25, 0.3) is 22.1 Å². The zero-order valence-corrected chi connectivity index (χ0v) is 8.05. The van der Waals surface area contributed by atoms with Gasteiger partial charge in [-0.1, -0.05) is 47.6 Å². The molecule has 0 N–H and O–H groups in total. The predicted molar refractivity (Wildman–Crippen MR) is 59.4 cm³/mol. The van der Waals surface area contributed by atoms with E-state index in [2.05, 4.69) is 17.3 Å². The highest BCUT2D eigenvalue weighted by atomic mass is 16.5. The molecule has 2 nitrogen and oxygen atoms in total. The number of benzene rings is 2. The highest BCUT2D eigenvalue weighted by molar-refractivity contribution is 5.91. The largest absolute Gasteiger partial charge is 0.356 e. The van der Waals surface area contributed by atoms with Gasteiger partial charge in [-0.25, -0.2) is 0 Å². The minimum absolute atomic E-state index is 0.851. The molecule has 1 aromatic heterocycles. The number of hydrogen-bond donors (Lipinski definition) is 0. The third-order valence-electron chi connectivity index (χ3n) is 2.47. The van der Waals surface area contributed by atoms with Gasteiger partial charge < -0.3 is 4.52 Å². The van der Waals surface area contributed by atoms with Crippen LogP contribution in [0.2, 0.25) is 0 Å². The Morgan fingerprint density at radius 2 is 1.73 bits per heavy atom. The number of rotatable bonds is 1. The van der Waals surface area contributed by atoms with Crippen LogP contribution in [-0.2, 0) is 0 Å². The molecule has 15 heavy (non-hydrogen) atoms. The fourth-order valence-corrected chi connectivity index (χ4v) is 1.74. The molecular weight excluding hydrogens is 186 g/mol. The van der Waals surface area contributed by atoms with Gasteiger partial charge in [0.15, 0.2) is 5.58 Å². The van der Waals surface area contributed by atoms with Crippen molar-refractivity contribution in [3.05, 3.63) is 54.7 Å². The third-order valence-corrected chi connectivity index (χ3v) is 2.47. The van der Waals surface area contributed by atoms with Crippen LogP contribution in [0.3, 0.4) is 0 Å². The Kier molecular flexibility index (Phi) is 1.78. The molecule has 0 radical (unpaired) electrons. The van der Waals surface area contributed by atoms with Crippen LogP contribution < -0.4 is 0 Å². The first-order valence-corrected chi connectivity index (χ1v) is 4.84. The molecule has 0 unspecified atom stereocenters. The maximum Gasteiger partial charge on any atom is 0.174 e. The summed E-state index contributed by atoms with van der Waals surface area (Å²) >= 11 is 0. The molecule has 0 atom stereocenters. The summed E-state index contributed by atoms with van der Waals surface area (Å²) < 4.78 is 5.25. The Bertz CT molecular complexity index is 584. The second-order valence-electron chi connectivity index (χ2n) is 3.42.